The molecule has 4 atom stereocenters. The zero-order valence-corrected chi connectivity index (χ0v) is 3.68. The molecule has 0 aromatic heterocycles. The first-order valence-electron chi connectivity index (χ1n) is 5.19. The zero-order chi connectivity index (χ0) is 10.4. The van der Waals surface area contributed by atoms with Crippen molar-refractivity contribution < 1.29 is 13.3 Å². The van der Waals surface area contributed by atoms with Gasteiger partial charge in [-0.1, -0.05) is 0 Å². The van der Waals surface area contributed by atoms with Gasteiger partial charge in [0, 0.05) is 6.85 Å². The Morgan fingerprint density at radius 3 is 3.57 bits per heavy atom. The molecule has 1 heterocycles. The lowest BCUT2D eigenvalue weighted by Crippen LogP contribution is -2.30. The van der Waals surface area contributed by atoms with E-state index in [2.05, 4.69) is 5.32 Å². The molecule has 0 aromatic rings. The number of rotatable bonds is 0. The minimum absolute atomic E-state index is 1.31. The second kappa shape index (κ2) is 2.28. The third-order valence-corrected chi connectivity index (χ3v) is 0.641. The Morgan fingerprint density at radius 1 is 1.86 bits per heavy atom. The highest BCUT2D eigenvalue weighted by Gasteiger charge is 2.06. The summed E-state index contributed by atoms with van der Waals surface area (Å²) in [5.74, 6) is 0. The molecule has 1 aliphatic heterocycles. The van der Waals surface area contributed by atoms with Crippen LogP contribution in [0.3, 0.4) is 0 Å². The molecule has 0 radical (unpaired) electrons. The van der Waals surface area contributed by atoms with Crippen LogP contribution < -0.4 is 5.32 Å². The second-order valence-electron chi connectivity index (χ2n) is 1.17. The van der Waals surface area contributed by atoms with Crippen LogP contribution >= 0.6 is 0 Å². The molecule has 0 aromatic carbocycles. The maximum atomic E-state index is 9.34. The van der Waals surface area contributed by atoms with Crippen molar-refractivity contribution in [2.75, 3.05) is 13.0 Å². The van der Waals surface area contributed by atoms with E-state index in [1.807, 2.05) is 0 Å². The maximum absolute atomic E-state index is 9.34. The lowest BCUT2D eigenvalue weighted by Gasteiger charge is -2.16. The van der Waals surface area contributed by atoms with Crippen molar-refractivity contribution in [1.82, 2.24) is 5.32 Å². The predicted molar refractivity (Wildman–Crippen MR) is 28.1 cm³/mol. The molecule has 0 aliphatic carbocycles. The van der Waals surface area contributed by atoms with Gasteiger partial charge in [0.1, 0.15) is 0 Å². The van der Waals surface area contributed by atoms with E-state index < -0.39 is 31.9 Å². The van der Waals surface area contributed by atoms with E-state index in [4.69, 9.17) is 8.22 Å². The Balaban J connectivity index is 3.00. The fourth-order valence-corrected chi connectivity index (χ4v) is 0.339. The van der Waals surface area contributed by atoms with Crippen molar-refractivity contribution in [3.8, 4) is 0 Å². The lowest BCUT2D eigenvalue weighted by atomic mass is 10.1. The first kappa shape index (κ1) is 1.45. The number of aliphatic hydroxyl groups is 1. The summed E-state index contributed by atoms with van der Waals surface area (Å²) in [5.41, 5.74) is 0. The highest BCUT2D eigenvalue weighted by Crippen LogP contribution is 1.99. The van der Waals surface area contributed by atoms with Crippen LogP contribution in [0.2, 0.25) is 0 Å². The molecule has 1 fully saturated rings. The monoisotopic (exact) mass is 107 g/mol. The molecule has 4 unspecified atom stereocenters. The van der Waals surface area contributed by atoms with Gasteiger partial charge >= 0.3 is 0 Å². The minimum Gasteiger partial charge on any atom is -0.393 e. The summed E-state index contributed by atoms with van der Waals surface area (Å²) in [6.45, 7) is -2.87. The summed E-state index contributed by atoms with van der Waals surface area (Å²) in [4.78, 5) is 0. The Bertz CT molecular complexity index is 209. The summed E-state index contributed by atoms with van der Waals surface area (Å²) < 4.78 is 43.2. The topological polar surface area (TPSA) is 32.3 Å². The molecule has 1 aliphatic rings. The smallest absolute Gasteiger partial charge is 0.0601 e. The van der Waals surface area contributed by atoms with Gasteiger partial charge in [0.2, 0.25) is 0 Å². The summed E-state index contributed by atoms with van der Waals surface area (Å²) in [5, 5.41) is 11.5. The van der Waals surface area contributed by atoms with E-state index in [0.29, 0.717) is 0 Å². The molecule has 2 heteroatoms. The molecule has 42 valence electrons. The van der Waals surface area contributed by atoms with Crippen LogP contribution in [0.5, 0.6) is 0 Å². The van der Waals surface area contributed by atoms with E-state index in [9.17, 15) is 5.11 Å². The molecule has 0 spiro atoms. The standard InChI is InChI=1S/C5H11NO/c7-5-1-3-6-4-2-5/h5-7H,1-4H2/i1D,2D2,3D,4D,5D. The number of hydrogen-bond acceptors (Lipinski definition) is 2. The number of nitrogens with one attached hydrogen (secondary N) is 1. The Morgan fingerprint density at radius 2 is 2.71 bits per heavy atom. The van der Waals surface area contributed by atoms with Gasteiger partial charge in [0.05, 0.1) is 7.45 Å². The number of hydrogen-bond donors (Lipinski definition) is 2. The molecule has 0 amide bonds. The molecule has 0 saturated carbocycles. The lowest BCUT2D eigenvalue weighted by molar-refractivity contribution is 0.137. The van der Waals surface area contributed by atoms with E-state index in [1.54, 1.807) is 0 Å². The molecular formula is C5H11NO. The van der Waals surface area contributed by atoms with Gasteiger partial charge in [-0.2, -0.15) is 0 Å². The van der Waals surface area contributed by atoms with Crippen LogP contribution in [0.25, 0.3) is 0 Å². The van der Waals surface area contributed by atoms with E-state index >= 15 is 0 Å². The molecule has 1 saturated heterocycles. The van der Waals surface area contributed by atoms with Gasteiger partial charge < -0.3 is 10.4 Å². The highest BCUT2D eigenvalue weighted by atomic mass is 16.3. The van der Waals surface area contributed by atoms with Crippen molar-refractivity contribution in [3.63, 3.8) is 0 Å². The van der Waals surface area contributed by atoms with Crippen molar-refractivity contribution in [2.24, 2.45) is 0 Å². The van der Waals surface area contributed by atoms with E-state index in [1.165, 1.54) is 0 Å². The van der Waals surface area contributed by atoms with Crippen LogP contribution in [0.1, 0.15) is 21.0 Å². The van der Waals surface area contributed by atoms with Gasteiger partial charge in [-0.05, 0) is 25.8 Å². The molecule has 2 nitrogen and oxygen atoms in total. The Kier molecular flexibility index (Phi) is 0.474. The molecule has 1 rings (SSSR count). The van der Waals surface area contributed by atoms with E-state index in [0.717, 1.165) is 0 Å². The van der Waals surface area contributed by atoms with Gasteiger partial charge in [0.25, 0.3) is 0 Å². The largest absolute Gasteiger partial charge is 0.393 e. The molecule has 2 N–H and O–H groups in total. The van der Waals surface area contributed by atoms with Gasteiger partial charge in [-0.15, -0.1) is 0 Å². The third-order valence-electron chi connectivity index (χ3n) is 0.641. The highest BCUT2D eigenvalue weighted by molar-refractivity contribution is 4.65. The van der Waals surface area contributed by atoms with Gasteiger partial charge in [-0.25, -0.2) is 0 Å². The Hall–Kier alpha value is -0.0800. The van der Waals surface area contributed by atoms with Crippen molar-refractivity contribution in [2.45, 2.75) is 18.8 Å². The fraction of sp³-hybridized carbons (Fsp3) is 1.00. The average Bonchev–Trinajstić information content (AvgIpc) is 2.00. The minimum atomic E-state index is -2.71. The summed E-state index contributed by atoms with van der Waals surface area (Å²) in [6, 6.07) is 0. The van der Waals surface area contributed by atoms with Crippen molar-refractivity contribution >= 4 is 0 Å². The average molecular weight is 107 g/mol. The first-order valence-corrected chi connectivity index (χ1v) is 1.96. The molecular weight excluding hydrogens is 90.1 g/mol. The maximum Gasteiger partial charge on any atom is 0.0601 e. The van der Waals surface area contributed by atoms with Gasteiger partial charge in [0.15, 0.2) is 0 Å². The second-order valence-corrected chi connectivity index (χ2v) is 1.17. The van der Waals surface area contributed by atoms with Crippen LogP contribution in [0.15, 0.2) is 0 Å². The molecule has 0 bridgehead atoms. The van der Waals surface area contributed by atoms with Gasteiger partial charge in [-0.3, -0.25) is 0 Å². The van der Waals surface area contributed by atoms with Crippen LogP contribution in [0.4, 0.5) is 0 Å². The first-order chi connectivity index (χ1) is 5.71. The van der Waals surface area contributed by atoms with Crippen molar-refractivity contribution in [3.05, 3.63) is 0 Å². The SMILES string of the molecule is [2H]C1NC([2H])C([2H])([2H])C([2H])(O)C1[2H]. The van der Waals surface area contributed by atoms with Crippen molar-refractivity contribution in [1.29, 1.82) is 0 Å². The fourth-order valence-electron chi connectivity index (χ4n) is 0.339. The van der Waals surface area contributed by atoms with E-state index in [-0.39, 0.29) is 0 Å². The van der Waals surface area contributed by atoms with Crippen LogP contribution in [-0.4, -0.2) is 24.2 Å². The quantitative estimate of drug-likeness (QED) is 0.446. The zero-order valence-electron chi connectivity index (χ0n) is 9.68. The van der Waals surface area contributed by atoms with Crippen LogP contribution in [-0.2, 0) is 0 Å². The normalized spacial score (nSPS) is 94.7. The number of piperidine rings is 1. The molecule has 7 heavy (non-hydrogen) atoms. The summed E-state index contributed by atoms with van der Waals surface area (Å²) in [6.07, 6.45) is -6.88. The Labute approximate surface area is 52.0 Å². The third kappa shape index (κ3) is 1.45. The summed E-state index contributed by atoms with van der Waals surface area (Å²) in [7, 11) is 0. The van der Waals surface area contributed by atoms with Crippen LogP contribution in [0, 0.1) is 0 Å². The summed E-state index contributed by atoms with van der Waals surface area (Å²) >= 11 is 0. The predicted octanol–water partition coefficient (Wildman–Crippen LogP) is -0.269.